The summed E-state index contributed by atoms with van der Waals surface area (Å²) in [5.74, 6) is 0.762. The number of halogens is 1. The van der Waals surface area contributed by atoms with Crippen LogP contribution in [0.15, 0.2) is 81.1 Å². The van der Waals surface area contributed by atoms with Gasteiger partial charge in [0.1, 0.15) is 5.75 Å². The Kier molecular flexibility index (Phi) is 6.25. The fourth-order valence-electron chi connectivity index (χ4n) is 3.31. The third-order valence-corrected chi connectivity index (χ3v) is 7.04. The van der Waals surface area contributed by atoms with Crippen molar-refractivity contribution in [1.82, 2.24) is 0 Å². The lowest BCUT2D eigenvalue weighted by atomic mass is 10.0. The van der Waals surface area contributed by atoms with Gasteiger partial charge in [0, 0.05) is 21.5 Å². The molecule has 1 amide bonds. The SMILES string of the molecule is COc1ccc(C2=Nc3ccccc3S[C@@H]2CC(=O)Nc2ccc(Br)c(C)c2)cc1. The average Bonchev–Trinajstić information content (AvgIpc) is 2.76. The van der Waals surface area contributed by atoms with Crippen LogP contribution in [0.25, 0.3) is 0 Å². The minimum Gasteiger partial charge on any atom is -0.497 e. The second-order valence-corrected chi connectivity index (χ2v) is 9.11. The quantitative estimate of drug-likeness (QED) is 0.460. The lowest BCUT2D eigenvalue weighted by Gasteiger charge is -2.24. The first-order valence-corrected chi connectivity index (χ1v) is 11.3. The summed E-state index contributed by atoms with van der Waals surface area (Å²) in [7, 11) is 1.65. The van der Waals surface area contributed by atoms with Crippen LogP contribution in [-0.4, -0.2) is 24.0 Å². The number of nitrogens with zero attached hydrogens (tertiary/aromatic N) is 1. The minimum absolute atomic E-state index is 0.0326. The molecule has 0 aliphatic carbocycles. The summed E-state index contributed by atoms with van der Waals surface area (Å²) in [4.78, 5) is 18.9. The van der Waals surface area contributed by atoms with Gasteiger partial charge in [-0.05, 0) is 72.6 Å². The molecule has 30 heavy (non-hydrogen) atoms. The molecule has 6 heteroatoms. The zero-order valence-corrected chi connectivity index (χ0v) is 19.1. The van der Waals surface area contributed by atoms with E-state index >= 15 is 0 Å². The van der Waals surface area contributed by atoms with Crippen molar-refractivity contribution < 1.29 is 9.53 Å². The molecule has 0 fully saturated rings. The molecule has 3 aromatic carbocycles. The highest BCUT2D eigenvalue weighted by Gasteiger charge is 2.27. The van der Waals surface area contributed by atoms with Gasteiger partial charge < -0.3 is 10.1 Å². The van der Waals surface area contributed by atoms with Gasteiger partial charge in [-0.1, -0.05) is 28.1 Å². The molecule has 4 nitrogen and oxygen atoms in total. The Labute approximate surface area is 188 Å². The van der Waals surface area contributed by atoms with Crippen LogP contribution in [0, 0.1) is 6.92 Å². The van der Waals surface area contributed by atoms with Gasteiger partial charge in [0.25, 0.3) is 0 Å². The zero-order chi connectivity index (χ0) is 21.1. The maximum atomic E-state index is 12.9. The van der Waals surface area contributed by atoms with E-state index in [0.717, 1.165) is 43.3 Å². The molecule has 0 unspecified atom stereocenters. The van der Waals surface area contributed by atoms with E-state index in [1.807, 2.05) is 67.6 Å². The first-order valence-electron chi connectivity index (χ1n) is 9.58. The highest BCUT2D eigenvalue weighted by atomic mass is 79.9. The number of methoxy groups -OCH3 is 1. The van der Waals surface area contributed by atoms with Gasteiger partial charge in [-0.2, -0.15) is 0 Å². The van der Waals surface area contributed by atoms with Crippen LogP contribution in [-0.2, 0) is 4.79 Å². The van der Waals surface area contributed by atoms with E-state index in [2.05, 4.69) is 27.3 Å². The molecular weight excluding hydrogens is 460 g/mol. The van der Waals surface area contributed by atoms with Crippen molar-refractivity contribution >= 4 is 50.7 Å². The number of fused-ring (bicyclic) bond motifs is 1. The summed E-state index contributed by atoms with van der Waals surface area (Å²) in [6.45, 7) is 2.00. The van der Waals surface area contributed by atoms with Gasteiger partial charge in [-0.15, -0.1) is 11.8 Å². The molecule has 1 N–H and O–H groups in total. The Morgan fingerprint density at radius 2 is 1.90 bits per heavy atom. The Morgan fingerprint density at radius 3 is 2.63 bits per heavy atom. The molecule has 1 aliphatic rings. The normalized spacial score (nSPS) is 15.2. The van der Waals surface area contributed by atoms with E-state index in [0.29, 0.717) is 6.42 Å². The van der Waals surface area contributed by atoms with Crippen LogP contribution < -0.4 is 10.1 Å². The molecule has 1 aliphatic heterocycles. The fourth-order valence-corrected chi connectivity index (χ4v) is 4.79. The standard InChI is InChI=1S/C24H21BrN2O2S/c1-15-13-17(9-12-19(15)25)26-23(28)14-22-24(16-7-10-18(29-2)11-8-16)27-20-5-3-4-6-21(20)30-22/h3-13,22H,14H2,1-2H3,(H,26,28)/t22-/m1/s1. The summed E-state index contributed by atoms with van der Waals surface area (Å²) in [5, 5.41) is 2.94. The predicted octanol–water partition coefficient (Wildman–Crippen LogP) is 6.39. The molecule has 4 rings (SSSR count). The van der Waals surface area contributed by atoms with Crippen LogP contribution in [0.3, 0.4) is 0 Å². The Morgan fingerprint density at radius 1 is 1.13 bits per heavy atom. The van der Waals surface area contributed by atoms with Crippen molar-refractivity contribution in [3.8, 4) is 5.75 Å². The second-order valence-electron chi connectivity index (χ2n) is 7.02. The second kappa shape index (κ2) is 9.06. The number of carbonyl (C=O) groups is 1. The van der Waals surface area contributed by atoms with Gasteiger partial charge in [0.15, 0.2) is 0 Å². The number of hydrogen-bond donors (Lipinski definition) is 1. The van der Waals surface area contributed by atoms with Gasteiger partial charge in [-0.3, -0.25) is 9.79 Å². The van der Waals surface area contributed by atoms with Gasteiger partial charge in [0.2, 0.25) is 5.91 Å². The molecule has 0 radical (unpaired) electrons. The van der Waals surface area contributed by atoms with Crippen molar-refractivity contribution in [1.29, 1.82) is 0 Å². The molecule has 0 bridgehead atoms. The van der Waals surface area contributed by atoms with E-state index in [4.69, 9.17) is 9.73 Å². The number of para-hydroxylation sites is 1. The number of nitrogens with one attached hydrogen (secondary N) is 1. The van der Waals surface area contributed by atoms with Crippen molar-refractivity contribution in [3.63, 3.8) is 0 Å². The number of thioether (sulfide) groups is 1. The number of rotatable bonds is 5. The number of aliphatic imine (C=N–C) groups is 1. The van der Waals surface area contributed by atoms with Crippen LogP contribution in [0.1, 0.15) is 17.5 Å². The maximum absolute atomic E-state index is 12.9. The van der Waals surface area contributed by atoms with Gasteiger partial charge >= 0.3 is 0 Å². The highest BCUT2D eigenvalue weighted by molar-refractivity contribution is 9.10. The molecule has 0 saturated heterocycles. The van der Waals surface area contributed by atoms with Gasteiger partial charge in [-0.25, -0.2) is 0 Å². The number of anilines is 1. The molecule has 3 aromatic rings. The van der Waals surface area contributed by atoms with Gasteiger partial charge in [0.05, 0.1) is 23.8 Å². The molecule has 1 heterocycles. The van der Waals surface area contributed by atoms with Crippen molar-refractivity contribution in [2.75, 3.05) is 12.4 Å². The zero-order valence-electron chi connectivity index (χ0n) is 16.7. The molecule has 0 spiro atoms. The summed E-state index contributed by atoms with van der Waals surface area (Å²) in [5.41, 5.74) is 4.71. The maximum Gasteiger partial charge on any atom is 0.225 e. The topological polar surface area (TPSA) is 50.7 Å². The molecule has 152 valence electrons. The third-order valence-electron chi connectivity index (χ3n) is 4.88. The van der Waals surface area contributed by atoms with Crippen LogP contribution in [0.5, 0.6) is 5.75 Å². The van der Waals surface area contributed by atoms with E-state index in [1.54, 1.807) is 18.9 Å². The summed E-state index contributed by atoms with van der Waals surface area (Å²) < 4.78 is 6.30. The number of carbonyl (C=O) groups excluding carboxylic acids is 1. The summed E-state index contributed by atoms with van der Waals surface area (Å²) in [6, 6.07) is 21.7. The average molecular weight is 481 g/mol. The Balaban J connectivity index is 1.59. The first kappa shape index (κ1) is 20.7. The Bertz CT molecular complexity index is 1110. The number of amides is 1. The number of hydrogen-bond acceptors (Lipinski definition) is 4. The monoisotopic (exact) mass is 480 g/mol. The van der Waals surface area contributed by atoms with Crippen molar-refractivity contribution in [2.24, 2.45) is 4.99 Å². The molecule has 0 saturated carbocycles. The fraction of sp³-hybridized carbons (Fsp3) is 0.167. The third kappa shape index (κ3) is 4.60. The van der Waals surface area contributed by atoms with Crippen molar-refractivity contribution in [3.05, 3.63) is 82.3 Å². The van der Waals surface area contributed by atoms with Crippen LogP contribution >= 0.6 is 27.7 Å². The summed E-state index contributed by atoms with van der Waals surface area (Å²) in [6.07, 6.45) is 0.332. The van der Waals surface area contributed by atoms with E-state index < -0.39 is 0 Å². The smallest absolute Gasteiger partial charge is 0.225 e. The van der Waals surface area contributed by atoms with Crippen LogP contribution in [0.2, 0.25) is 0 Å². The van der Waals surface area contributed by atoms with E-state index in [-0.39, 0.29) is 11.2 Å². The largest absolute Gasteiger partial charge is 0.497 e. The number of ether oxygens (including phenoxy) is 1. The molecular formula is C24H21BrN2O2S. The lowest BCUT2D eigenvalue weighted by Crippen LogP contribution is -2.27. The molecule has 1 atom stereocenters. The molecule has 0 aromatic heterocycles. The first-order chi connectivity index (χ1) is 14.5. The van der Waals surface area contributed by atoms with E-state index in [1.165, 1.54) is 0 Å². The summed E-state index contributed by atoms with van der Waals surface area (Å²) >= 11 is 5.18. The Hall–Kier alpha value is -2.57. The predicted molar refractivity (Wildman–Crippen MR) is 127 cm³/mol. The van der Waals surface area contributed by atoms with Crippen molar-refractivity contribution in [2.45, 2.75) is 23.5 Å². The number of benzene rings is 3. The minimum atomic E-state index is -0.0789. The highest BCUT2D eigenvalue weighted by Crippen LogP contribution is 2.40. The van der Waals surface area contributed by atoms with Crippen LogP contribution in [0.4, 0.5) is 11.4 Å². The number of aryl methyl sites for hydroxylation is 1. The van der Waals surface area contributed by atoms with E-state index in [9.17, 15) is 4.79 Å². The lowest BCUT2D eigenvalue weighted by molar-refractivity contribution is -0.116.